The standard InChI is InChI=1S/C13H18BrN/c1-9(15-2)11-4-3-10-5-6-13(14)8-12(10)7-11/h5-6,8-9,11,15H,3-4,7H2,1-2H3. The lowest BCUT2D eigenvalue weighted by molar-refractivity contribution is 0.354. The Morgan fingerprint density at radius 2 is 2.20 bits per heavy atom. The second-order valence-corrected chi connectivity index (χ2v) is 5.41. The van der Waals surface area contributed by atoms with E-state index in [2.05, 4.69) is 53.4 Å². The molecule has 0 aromatic heterocycles. The first kappa shape index (κ1) is 11.2. The Labute approximate surface area is 100 Å². The highest BCUT2D eigenvalue weighted by Gasteiger charge is 2.22. The number of fused-ring (bicyclic) bond motifs is 1. The Morgan fingerprint density at radius 3 is 2.93 bits per heavy atom. The molecule has 1 N–H and O–H groups in total. The zero-order valence-corrected chi connectivity index (χ0v) is 11.0. The van der Waals surface area contributed by atoms with Crippen molar-refractivity contribution < 1.29 is 0 Å². The summed E-state index contributed by atoms with van der Waals surface area (Å²) in [4.78, 5) is 0. The van der Waals surface area contributed by atoms with Gasteiger partial charge in [0.2, 0.25) is 0 Å². The molecule has 0 saturated heterocycles. The van der Waals surface area contributed by atoms with Crippen LogP contribution in [-0.2, 0) is 12.8 Å². The average molecular weight is 268 g/mol. The first-order valence-corrected chi connectivity index (χ1v) is 6.44. The topological polar surface area (TPSA) is 12.0 Å². The number of aryl methyl sites for hydroxylation is 1. The maximum atomic E-state index is 3.55. The van der Waals surface area contributed by atoms with Gasteiger partial charge >= 0.3 is 0 Å². The lowest BCUT2D eigenvalue weighted by atomic mass is 9.80. The molecule has 2 rings (SSSR count). The van der Waals surface area contributed by atoms with Gasteiger partial charge < -0.3 is 5.32 Å². The molecule has 1 nitrogen and oxygen atoms in total. The van der Waals surface area contributed by atoms with E-state index in [0.717, 1.165) is 5.92 Å². The number of hydrogen-bond acceptors (Lipinski definition) is 1. The van der Waals surface area contributed by atoms with Crippen LogP contribution >= 0.6 is 15.9 Å². The minimum absolute atomic E-state index is 0.622. The molecule has 0 spiro atoms. The molecule has 2 atom stereocenters. The number of benzene rings is 1. The summed E-state index contributed by atoms with van der Waals surface area (Å²) in [5.74, 6) is 0.789. The highest BCUT2D eigenvalue weighted by molar-refractivity contribution is 9.10. The molecule has 1 aliphatic rings. The lowest BCUT2D eigenvalue weighted by Gasteiger charge is -2.29. The Balaban J connectivity index is 2.18. The van der Waals surface area contributed by atoms with Crippen LogP contribution in [-0.4, -0.2) is 13.1 Å². The predicted molar refractivity (Wildman–Crippen MR) is 68.2 cm³/mol. The van der Waals surface area contributed by atoms with Crippen LogP contribution in [0.4, 0.5) is 0 Å². The molecule has 15 heavy (non-hydrogen) atoms. The Bertz CT molecular complexity index is 348. The van der Waals surface area contributed by atoms with Crippen molar-refractivity contribution in [2.45, 2.75) is 32.2 Å². The molecular formula is C13H18BrN. The van der Waals surface area contributed by atoms with Gasteiger partial charge in [-0.3, -0.25) is 0 Å². The van der Waals surface area contributed by atoms with Crippen LogP contribution in [0.25, 0.3) is 0 Å². The van der Waals surface area contributed by atoms with Crippen LogP contribution in [0.15, 0.2) is 22.7 Å². The van der Waals surface area contributed by atoms with Crippen molar-refractivity contribution in [3.05, 3.63) is 33.8 Å². The summed E-state index contributed by atoms with van der Waals surface area (Å²) in [6.07, 6.45) is 3.77. The van der Waals surface area contributed by atoms with Gasteiger partial charge in [0.1, 0.15) is 0 Å². The van der Waals surface area contributed by atoms with E-state index in [1.54, 1.807) is 0 Å². The summed E-state index contributed by atoms with van der Waals surface area (Å²) in [6.45, 7) is 2.29. The van der Waals surface area contributed by atoms with E-state index in [1.165, 1.54) is 34.9 Å². The fourth-order valence-corrected chi connectivity index (χ4v) is 2.82. The average Bonchev–Trinajstić information content (AvgIpc) is 2.27. The quantitative estimate of drug-likeness (QED) is 0.868. The van der Waals surface area contributed by atoms with Crippen LogP contribution in [0, 0.1) is 5.92 Å². The minimum Gasteiger partial charge on any atom is -0.317 e. The van der Waals surface area contributed by atoms with E-state index >= 15 is 0 Å². The highest BCUT2D eigenvalue weighted by Crippen LogP contribution is 2.29. The fourth-order valence-electron chi connectivity index (χ4n) is 2.42. The van der Waals surface area contributed by atoms with Crippen molar-refractivity contribution in [3.8, 4) is 0 Å². The second-order valence-electron chi connectivity index (χ2n) is 4.49. The summed E-state index contributed by atoms with van der Waals surface area (Å²) >= 11 is 3.55. The van der Waals surface area contributed by atoms with E-state index < -0.39 is 0 Å². The molecule has 82 valence electrons. The van der Waals surface area contributed by atoms with Gasteiger partial charge in [0.15, 0.2) is 0 Å². The van der Waals surface area contributed by atoms with Gasteiger partial charge in [0.05, 0.1) is 0 Å². The van der Waals surface area contributed by atoms with Crippen molar-refractivity contribution in [1.29, 1.82) is 0 Å². The first-order valence-electron chi connectivity index (χ1n) is 5.65. The third-order valence-electron chi connectivity index (χ3n) is 3.60. The summed E-state index contributed by atoms with van der Waals surface area (Å²) in [6, 6.07) is 7.32. The van der Waals surface area contributed by atoms with Crippen molar-refractivity contribution in [3.63, 3.8) is 0 Å². The summed E-state index contributed by atoms with van der Waals surface area (Å²) in [7, 11) is 2.06. The van der Waals surface area contributed by atoms with Gasteiger partial charge in [-0.2, -0.15) is 0 Å². The van der Waals surface area contributed by atoms with E-state index in [-0.39, 0.29) is 0 Å². The molecule has 0 heterocycles. The molecule has 0 fully saturated rings. The molecule has 0 bridgehead atoms. The van der Waals surface area contributed by atoms with Crippen LogP contribution in [0.3, 0.4) is 0 Å². The monoisotopic (exact) mass is 267 g/mol. The number of hydrogen-bond donors (Lipinski definition) is 1. The van der Waals surface area contributed by atoms with Gasteiger partial charge in [-0.05, 0) is 62.4 Å². The Kier molecular flexibility index (Phi) is 3.47. The van der Waals surface area contributed by atoms with Crippen molar-refractivity contribution >= 4 is 15.9 Å². The van der Waals surface area contributed by atoms with Crippen LogP contribution in [0.5, 0.6) is 0 Å². The van der Waals surface area contributed by atoms with Gasteiger partial charge in [-0.25, -0.2) is 0 Å². The van der Waals surface area contributed by atoms with Gasteiger partial charge in [0.25, 0.3) is 0 Å². The zero-order valence-electron chi connectivity index (χ0n) is 9.39. The predicted octanol–water partition coefficient (Wildman–Crippen LogP) is 3.16. The van der Waals surface area contributed by atoms with Gasteiger partial charge in [-0.15, -0.1) is 0 Å². The molecule has 1 aromatic rings. The van der Waals surface area contributed by atoms with Crippen LogP contribution < -0.4 is 5.32 Å². The molecule has 2 unspecified atom stereocenters. The molecule has 0 aliphatic heterocycles. The summed E-state index contributed by atoms with van der Waals surface area (Å²) < 4.78 is 1.21. The molecular weight excluding hydrogens is 250 g/mol. The van der Waals surface area contributed by atoms with Crippen LogP contribution in [0.1, 0.15) is 24.5 Å². The first-order chi connectivity index (χ1) is 7.20. The van der Waals surface area contributed by atoms with Crippen molar-refractivity contribution in [1.82, 2.24) is 5.32 Å². The Morgan fingerprint density at radius 1 is 1.40 bits per heavy atom. The maximum Gasteiger partial charge on any atom is 0.0178 e. The normalized spacial score (nSPS) is 22.2. The zero-order chi connectivity index (χ0) is 10.8. The summed E-state index contributed by atoms with van der Waals surface area (Å²) in [5, 5.41) is 3.37. The highest BCUT2D eigenvalue weighted by atomic mass is 79.9. The number of rotatable bonds is 2. The molecule has 2 heteroatoms. The van der Waals surface area contributed by atoms with Crippen molar-refractivity contribution in [2.75, 3.05) is 7.05 Å². The maximum absolute atomic E-state index is 3.55. The molecule has 1 aliphatic carbocycles. The van der Waals surface area contributed by atoms with E-state index in [9.17, 15) is 0 Å². The third-order valence-corrected chi connectivity index (χ3v) is 4.09. The van der Waals surface area contributed by atoms with E-state index in [4.69, 9.17) is 0 Å². The van der Waals surface area contributed by atoms with Crippen LogP contribution in [0.2, 0.25) is 0 Å². The molecule has 0 saturated carbocycles. The molecule has 1 aromatic carbocycles. The smallest absolute Gasteiger partial charge is 0.0178 e. The van der Waals surface area contributed by atoms with E-state index in [0.29, 0.717) is 6.04 Å². The van der Waals surface area contributed by atoms with E-state index in [1.807, 2.05) is 0 Å². The SMILES string of the molecule is CNC(C)C1CCc2ccc(Br)cc2C1. The fraction of sp³-hybridized carbons (Fsp3) is 0.538. The third kappa shape index (κ3) is 2.43. The molecule has 0 amide bonds. The largest absolute Gasteiger partial charge is 0.317 e. The van der Waals surface area contributed by atoms with Crippen molar-refractivity contribution in [2.24, 2.45) is 5.92 Å². The van der Waals surface area contributed by atoms with Gasteiger partial charge in [0, 0.05) is 10.5 Å². The minimum atomic E-state index is 0.622. The Hall–Kier alpha value is -0.340. The number of nitrogens with one attached hydrogen (secondary N) is 1. The summed E-state index contributed by atoms with van der Waals surface area (Å²) in [5.41, 5.74) is 3.07. The molecule has 0 radical (unpaired) electrons. The second kappa shape index (κ2) is 4.67. The number of halogens is 1. The van der Waals surface area contributed by atoms with Gasteiger partial charge in [-0.1, -0.05) is 22.0 Å². The lowest BCUT2D eigenvalue weighted by Crippen LogP contribution is -2.34.